The molecule has 1 fully saturated rings. The molecule has 1 heterocycles. The van der Waals surface area contributed by atoms with Crippen LogP contribution in [-0.4, -0.2) is 28.9 Å². The SMILES string of the molecule is CCC1CC1Nc1cnn(CC(=O)OC)c(=O)c1Cl. The Kier molecular flexibility index (Phi) is 4.09. The van der Waals surface area contributed by atoms with Gasteiger partial charge in [-0.25, -0.2) is 4.68 Å². The quantitative estimate of drug-likeness (QED) is 0.825. The molecule has 2 rings (SSSR count). The van der Waals surface area contributed by atoms with E-state index in [0.717, 1.165) is 17.5 Å². The number of nitrogens with one attached hydrogen (secondary N) is 1. The van der Waals surface area contributed by atoms with Gasteiger partial charge in [-0.3, -0.25) is 9.59 Å². The fourth-order valence-electron chi connectivity index (χ4n) is 1.94. The molecule has 0 aromatic carbocycles. The molecule has 2 atom stereocenters. The third kappa shape index (κ3) is 3.07. The highest BCUT2D eigenvalue weighted by molar-refractivity contribution is 6.32. The van der Waals surface area contributed by atoms with Gasteiger partial charge in [0.1, 0.15) is 11.6 Å². The van der Waals surface area contributed by atoms with Crippen LogP contribution in [0, 0.1) is 5.92 Å². The van der Waals surface area contributed by atoms with E-state index in [9.17, 15) is 9.59 Å². The van der Waals surface area contributed by atoms with Crippen molar-refractivity contribution in [2.45, 2.75) is 32.4 Å². The van der Waals surface area contributed by atoms with Gasteiger partial charge >= 0.3 is 5.97 Å². The van der Waals surface area contributed by atoms with Crippen molar-refractivity contribution in [3.05, 3.63) is 21.6 Å². The number of aromatic nitrogens is 2. The summed E-state index contributed by atoms with van der Waals surface area (Å²) in [6.45, 7) is 1.89. The number of carbonyl (C=O) groups excluding carboxylic acids is 1. The minimum absolute atomic E-state index is 0.0562. The van der Waals surface area contributed by atoms with Crippen molar-refractivity contribution in [3.8, 4) is 0 Å². The number of esters is 1. The van der Waals surface area contributed by atoms with E-state index in [0.29, 0.717) is 17.6 Å². The summed E-state index contributed by atoms with van der Waals surface area (Å²) in [5.74, 6) is 0.0909. The second-order valence-electron chi connectivity index (χ2n) is 4.57. The molecule has 0 bridgehead atoms. The average molecular weight is 286 g/mol. The Morgan fingerprint density at radius 1 is 1.68 bits per heavy atom. The standard InChI is InChI=1S/C12H16ClN3O3/c1-3-7-4-8(7)15-9-5-14-16(6-10(17)19-2)12(18)11(9)13/h5,7-8,15H,3-4,6H2,1-2H3. The number of anilines is 1. The van der Waals surface area contributed by atoms with Gasteiger partial charge in [0, 0.05) is 6.04 Å². The van der Waals surface area contributed by atoms with Crippen molar-refractivity contribution in [3.63, 3.8) is 0 Å². The predicted octanol–water partition coefficient (Wildman–Crippen LogP) is 1.28. The van der Waals surface area contributed by atoms with E-state index >= 15 is 0 Å². The summed E-state index contributed by atoms with van der Waals surface area (Å²) in [5.41, 5.74) is 0.0273. The molecule has 1 N–H and O–H groups in total. The molecule has 1 aliphatic carbocycles. The molecule has 1 aliphatic rings. The van der Waals surface area contributed by atoms with E-state index < -0.39 is 11.5 Å². The zero-order valence-electron chi connectivity index (χ0n) is 10.9. The lowest BCUT2D eigenvalue weighted by molar-refractivity contribution is -0.141. The zero-order chi connectivity index (χ0) is 14.0. The zero-order valence-corrected chi connectivity index (χ0v) is 11.6. The minimum atomic E-state index is -0.542. The van der Waals surface area contributed by atoms with Gasteiger partial charge in [0.15, 0.2) is 0 Å². The highest BCUT2D eigenvalue weighted by atomic mass is 35.5. The maximum atomic E-state index is 11.9. The van der Waals surface area contributed by atoms with Crippen LogP contribution in [0.2, 0.25) is 5.02 Å². The Hall–Kier alpha value is -1.56. The summed E-state index contributed by atoms with van der Waals surface area (Å²) in [5, 5.41) is 7.17. The largest absolute Gasteiger partial charge is 0.468 e. The van der Waals surface area contributed by atoms with Crippen molar-refractivity contribution >= 4 is 23.3 Å². The van der Waals surface area contributed by atoms with Crippen molar-refractivity contribution in [1.82, 2.24) is 9.78 Å². The van der Waals surface area contributed by atoms with Crippen molar-refractivity contribution in [2.75, 3.05) is 12.4 Å². The van der Waals surface area contributed by atoms with E-state index in [2.05, 4.69) is 22.1 Å². The monoisotopic (exact) mass is 285 g/mol. The van der Waals surface area contributed by atoms with Crippen LogP contribution in [-0.2, 0) is 16.1 Å². The van der Waals surface area contributed by atoms with Crippen LogP contribution in [0.5, 0.6) is 0 Å². The van der Waals surface area contributed by atoms with Crippen LogP contribution < -0.4 is 10.9 Å². The fourth-order valence-corrected chi connectivity index (χ4v) is 2.14. The summed E-state index contributed by atoms with van der Waals surface area (Å²) >= 11 is 6.00. The Balaban J connectivity index is 2.13. The van der Waals surface area contributed by atoms with Crippen LogP contribution >= 0.6 is 11.6 Å². The lowest BCUT2D eigenvalue weighted by atomic mass is 10.3. The van der Waals surface area contributed by atoms with Crippen molar-refractivity contribution in [1.29, 1.82) is 0 Å². The number of hydrogen-bond donors (Lipinski definition) is 1. The molecule has 0 radical (unpaired) electrons. The molecule has 0 saturated heterocycles. The summed E-state index contributed by atoms with van der Waals surface area (Å²) < 4.78 is 5.47. The third-order valence-corrected chi connectivity index (χ3v) is 3.64. The molecular formula is C12H16ClN3O3. The summed E-state index contributed by atoms with van der Waals surface area (Å²) in [6.07, 6.45) is 3.65. The van der Waals surface area contributed by atoms with Crippen LogP contribution in [0.3, 0.4) is 0 Å². The summed E-state index contributed by atoms with van der Waals surface area (Å²) in [4.78, 5) is 23.0. The van der Waals surface area contributed by atoms with Gasteiger partial charge in [-0.2, -0.15) is 5.10 Å². The number of hydrogen-bond acceptors (Lipinski definition) is 5. The molecule has 0 amide bonds. The molecule has 1 saturated carbocycles. The first-order chi connectivity index (χ1) is 9.06. The van der Waals surface area contributed by atoms with E-state index in [1.165, 1.54) is 13.3 Å². The molecule has 6 nitrogen and oxygen atoms in total. The molecule has 7 heteroatoms. The smallest absolute Gasteiger partial charge is 0.327 e. The second-order valence-corrected chi connectivity index (χ2v) is 4.94. The fraction of sp³-hybridized carbons (Fsp3) is 0.583. The Morgan fingerprint density at radius 2 is 2.42 bits per heavy atom. The summed E-state index contributed by atoms with van der Waals surface area (Å²) in [6, 6.07) is 0.361. The molecule has 0 spiro atoms. The summed E-state index contributed by atoms with van der Waals surface area (Å²) in [7, 11) is 1.25. The van der Waals surface area contributed by atoms with Crippen molar-refractivity contribution < 1.29 is 9.53 Å². The number of carbonyl (C=O) groups is 1. The van der Waals surface area contributed by atoms with Gasteiger partial charge in [-0.05, 0) is 12.3 Å². The predicted molar refractivity (Wildman–Crippen MR) is 71.3 cm³/mol. The normalized spacial score (nSPS) is 21.0. The number of methoxy groups -OCH3 is 1. The molecule has 2 unspecified atom stereocenters. The topological polar surface area (TPSA) is 73.2 Å². The number of halogens is 1. The molecule has 0 aliphatic heterocycles. The molecular weight excluding hydrogens is 270 g/mol. The molecule has 104 valence electrons. The lowest BCUT2D eigenvalue weighted by Crippen LogP contribution is -2.28. The van der Waals surface area contributed by atoms with Crippen LogP contribution in [0.25, 0.3) is 0 Å². The van der Waals surface area contributed by atoms with Gasteiger partial charge in [0.25, 0.3) is 5.56 Å². The van der Waals surface area contributed by atoms with Crippen molar-refractivity contribution in [2.24, 2.45) is 5.92 Å². The number of nitrogens with zero attached hydrogens (tertiary/aromatic N) is 2. The van der Waals surface area contributed by atoms with E-state index in [4.69, 9.17) is 11.6 Å². The van der Waals surface area contributed by atoms with Crippen LogP contribution in [0.4, 0.5) is 5.69 Å². The van der Waals surface area contributed by atoms with Gasteiger partial charge in [-0.15, -0.1) is 0 Å². The first-order valence-electron chi connectivity index (χ1n) is 6.15. The third-order valence-electron chi connectivity index (χ3n) is 3.28. The van der Waals surface area contributed by atoms with E-state index in [1.807, 2.05) is 0 Å². The lowest BCUT2D eigenvalue weighted by Gasteiger charge is -2.09. The Bertz CT molecular complexity index is 544. The van der Waals surface area contributed by atoms with Gasteiger partial charge in [0.2, 0.25) is 0 Å². The van der Waals surface area contributed by atoms with Gasteiger partial charge in [0.05, 0.1) is 19.0 Å². The van der Waals surface area contributed by atoms with E-state index in [1.54, 1.807) is 0 Å². The highest BCUT2D eigenvalue weighted by Gasteiger charge is 2.35. The van der Waals surface area contributed by atoms with Crippen LogP contribution in [0.1, 0.15) is 19.8 Å². The van der Waals surface area contributed by atoms with Gasteiger partial charge < -0.3 is 10.1 Å². The highest BCUT2D eigenvalue weighted by Crippen LogP contribution is 2.36. The molecule has 19 heavy (non-hydrogen) atoms. The van der Waals surface area contributed by atoms with Gasteiger partial charge in [-0.1, -0.05) is 24.9 Å². The molecule has 1 aromatic rings. The van der Waals surface area contributed by atoms with Crippen LogP contribution in [0.15, 0.2) is 11.0 Å². The molecule has 1 aromatic heterocycles. The number of ether oxygens (including phenoxy) is 1. The average Bonchev–Trinajstić information content (AvgIpc) is 3.16. The minimum Gasteiger partial charge on any atom is -0.468 e. The van der Waals surface area contributed by atoms with E-state index in [-0.39, 0.29) is 11.6 Å². The Labute approximate surface area is 115 Å². The first kappa shape index (κ1) is 13.9. The first-order valence-corrected chi connectivity index (χ1v) is 6.53. The number of rotatable bonds is 5. The maximum Gasteiger partial charge on any atom is 0.327 e. The maximum absolute atomic E-state index is 11.9. The second kappa shape index (κ2) is 5.61. The Morgan fingerprint density at radius 3 is 3.00 bits per heavy atom.